The molecule has 6 heteroatoms. The summed E-state index contributed by atoms with van der Waals surface area (Å²) in [5.41, 5.74) is 0.768. The summed E-state index contributed by atoms with van der Waals surface area (Å²) in [6.07, 6.45) is 1.01. The molecule has 0 saturated carbocycles. The van der Waals surface area contributed by atoms with Gasteiger partial charge in [0.25, 0.3) is 0 Å². The molecule has 0 N–H and O–H groups in total. The van der Waals surface area contributed by atoms with Crippen molar-refractivity contribution in [3.05, 3.63) is 53.6 Å². The number of halogens is 1. The Morgan fingerprint density at radius 3 is 2.59 bits per heavy atom. The highest BCUT2D eigenvalue weighted by molar-refractivity contribution is 5.96. The predicted molar refractivity (Wildman–Crippen MR) is 78.3 cm³/mol. The van der Waals surface area contributed by atoms with E-state index in [1.165, 1.54) is 11.6 Å². The van der Waals surface area contributed by atoms with Crippen LogP contribution in [0.2, 0.25) is 0 Å². The minimum Gasteiger partial charge on any atom is -0.365 e. The van der Waals surface area contributed by atoms with Crippen molar-refractivity contribution >= 4 is 11.6 Å². The molecule has 22 heavy (non-hydrogen) atoms. The first-order valence-corrected chi connectivity index (χ1v) is 6.89. The molecular formula is C16H17FN2O3. The zero-order valence-corrected chi connectivity index (χ0v) is 12.5. The number of hydrogen-bond acceptors (Lipinski definition) is 4. The molecule has 2 aromatic rings. The Labute approximate surface area is 127 Å². The average molecular weight is 304 g/mol. The molecule has 2 rings (SSSR count). The van der Waals surface area contributed by atoms with Crippen LogP contribution < -0.4 is 0 Å². The van der Waals surface area contributed by atoms with Crippen molar-refractivity contribution in [2.75, 3.05) is 13.2 Å². The standard InChI is InChI=1S/C16H17FN2O3/c1-11(20)9-22-10-15(21)16-14(17)8-18-19(16)12(2)13-6-4-3-5-7-13/h3-8,12H,9-10H2,1-2H3/t12-/m1/s1. The smallest absolute Gasteiger partial charge is 0.209 e. The van der Waals surface area contributed by atoms with Gasteiger partial charge in [0.1, 0.15) is 18.9 Å². The van der Waals surface area contributed by atoms with E-state index >= 15 is 0 Å². The van der Waals surface area contributed by atoms with Gasteiger partial charge >= 0.3 is 0 Å². The molecule has 0 aliphatic carbocycles. The Kier molecular flexibility index (Phi) is 5.16. The number of ketones is 2. The van der Waals surface area contributed by atoms with Crippen LogP contribution in [0.1, 0.15) is 35.9 Å². The Hall–Kier alpha value is -2.34. The van der Waals surface area contributed by atoms with Crippen LogP contribution >= 0.6 is 0 Å². The van der Waals surface area contributed by atoms with Gasteiger partial charge in [0.15, 0.2) is 11.6 Å². The van der Waals surface area contributed by atoms with Crippen LogP contribution in [-0.2, 0) is 9.53 Å². The summed E-state index contributed by atoms with van der Waals surface area (Å²) in [4.78, 5) is 22.9. The van der Waals surface area contributed by atoms with E-state index in [0.29, 0.717) is 0 Å². The molecule has 5 nitrogen and oxygen atoms in total. The fourth-order valence-corrected chi connectivity index (χ4v) is 2.12. The molecule has 1 atom stereocenters. The normalized spacial score (nSPS) is 12.1. The number of nitrogens with zero attached hydrogens (tertiary/aromatic N) is 2. The largest absolute Gasteiger partial charge is 0.365 e. The van der Waals surface area contributed by atoms with Gasteiger partial charge in [-0.3, -0.25) is 14.3 Å². The summed E-state index contributed by atoms with van der Waals surface area (Å²) >= 11 is 0. The van der Waals surface area contributed by atoms with Crippen molar-refractivity contribution in [3.8, 4) is 0 Å². The second-order valence-electron chi connectivity index (χ2n) is 4.99. The van der Waals surface area contributed by atoms with Gasteiger partial charge in [-0.2, -0.15) is 5.10 Å². The van der Waals surface area contributed by atoms with Gasteiger partial charge in [-0.15, -0.1) is 0 Å². The van der Waals surface area contributed by atoms with E-state index in [9.17, 15) is 14.0 Å². The summed E-state index contributed by atoms with van der Waals surface area (Å²) in [6, 6.07) is 9.07. The Balaban J connectivity index is 2.20. The number of ether oxygens (including phenoxy) is 1. The van der Waals surface area contributed by atoms with Crippen LogP contribution in [-0.4, -0.2) is 34.6 Å². The Morgan fingerprint density at radius 2 is 1.95 bits per heavy atom. The molecule has 0 radical (unpaired) electrons. The molecule has 0 amide bonds. The van der Waals surface area contributed by atoms with E-state index < -0.39 is 11.6 Å². The third-order valence-electron chi connectivity index (χ3n) is 3.20. The third-order valence-corrected chi connectivity index (χ3v) is 3.20. The second-order valence-corrected chi connectivity index (χ2v) is 4.99. The van der Waals surface area contributed by atoms with Crippen molar-refractivity contribution < 1.29 is 18.7 Å². The van der Waals surface area contributed by atoms with Crippen LogP contribution in [0.3, 0.4) is 0 Å². The lowest BCUT2D eigenvalue weighted by Crippen LogP contribution is -2.21. The van der Waals surface area contributed by atoms with Crippen molar-refractivity contribution in [1.82, 2.24) is 9.78 Å². The summed E-state index contributed by atoms with van der Waals surface area (Å²) in [5, 5.41) is 3.95. The minimum atomic E-state index is -0.695. The highest BCUT2D eigenvalue weighted by Gasteiger charge is 2.22. The van der Waals surface area contributed by atoms with Crippen LogP contribution in [0.5, 0.6) is 0 Å². The van der Waals surface area contributed by atoms with Crippen molar-refractivity contribution in [3.63, 3.8) is 0 Å². The molecule has 0 unspecified atom stereocenters. The van der Waals surface area contributed by atoms with E-state index in [0.717, 1.165) is 11.8 Å². The lowest BCUT2D eigenvalue weighted by atomic mass is 10.1. The minimum absolute atomic E-state index is 0.139. The van der Waals surface area contributed by atoms with Gasteiger partial charge in [0, 0.05) is 0 Å². The number of hydrogen-bond donors (Lipinski definition) is 0. The molecule has 0 aliphatic rings. The van der Waals surface area contributed by atoms with Gasteiger partial charge in [-0.1, -0.05) is 30.3 Å². The van der Waals surface area contributed by atoms with Gasteiger partial charge in [0.05, 0.1) is 12.2 Å². The summed E-state index contributed by atoms with van der Waals surface area (Å²) in [6.45, 7) is 2.65. The Bertz CT molecular complexity index is 667. The van der Waals surface area contributed by atoms with Crippen LogP contribution in [0.25, 0.3) is 0 Å². The first-order chi connectivity index (χ1) is 10.5. The summed E-state index contributed by atoms with van der Waals surface area (Å²) < 4.78 is 20.2. The fourth-order valence-electron chi connectivity index (χ4n) is 2.12. The molecule has 0 fully saturated rings. The molecule has 0 saturated heterocycles. The van der Waals surface area contributed by atoms with Crippen molar-refractivity contribution in [1.29, 1.82) is 0 Å². The van der Waals surface area contributed by atoms with Crippen molar-refractivity contribution in [2.24, 2.45) is 0 Å². The zero-order valence-electron chi connectivity index (χ0n) is 12.5. The quantitative estimate of drug-likeness (QED) is 0.737. The lowest BCUT2D eigenvalue weighted by Gasteiger charge is -2.15. The maximum absolute atomic E-state index is 13.9. The Morgan fingerprint density at radius 1 is 1.27 bits per heavy atom. The van der Waals surface area contributed by atoms with E-state index in [-0.39, 0.29) is 30.7 Å². The highest BCUT2D eigenvalue weighted by atomic mass is 19.1. The monoisotopic (exact) mass is 304 g/mol. The van der Waals surface area contributed by atoms with Gasteiger partial charge in [-0.05, 0) is 19.4 Å². The topological polar surface area (TPSA) is 61.2 Å². The van der Waals surface area contributed by atoms with Crippen LogP contribution in [0, 0.1) is 5.82 Å². The van der Waals surface area contributed by atoms with E-state index in [2.05, 4.69) is 5.10 Å². The first-order valence-electron chi connectivity index (χ1n) is 6.89. The number of benzene rings is 1. The molecule has 116 valence electrons. The molecule has 1 aromatic carbocycles. The van der Waals surface area contributed by atoms with Crippen LogP contribution in [0.15, 0.2) is 36.5 Å². The van der Waals surface area contributed by atoms with Crippen molar-refractivity contribution in [2.45, 2.75) is 19.9 Å². The first kappa shape index (κ1) is 16.0. The van der Waals surface area contributed by atoms with Gasteiger partial charge in [-0.25, -0.2) is 4.39 Å². The lowest BCUT2D eigenvalue weighted by molar-refractivity contribution is -0.121. The maximum atomic E-state index is 13.9. The molecule has 0 aliphatic heterocycles. The molecule has 0 bridgehead atoms. The van der Waals surface area contributed by atoms with E-state index in [4.69, 9.17) is 4.74 Å². The number of carbonyl (C=O) groups excluding carboxylic acids is 2. The van der Waals surface area contributed by atoms with E-state index in [1.807, 2.05) is 37.3 Å². The SMILES string of the molecule is CC(=O)COCC(=O)c1c(F)cnn1[C@H](C)c1ccccc1. The van der Waals surface area contributed by atoms with Gasteiger partial charge in [0.2, 0.25) is 5.78 Å². The molecular weight excluding hydrogens is 287 g/mol. The summed E-state index contributed by atoms with van der Waals surface area (Å²) in [5.74, 6) is -1.43. The number of aromatic nitrogens is 2. The summed E-state index contributed by atoms with van der Waals surface area (Å²) in [7, 11) is 0. The van der Waals surface area contributed by atoms with E-state index in [1.54, 1.807) is 0 Å². The predicted octanol–water partition coefficient (Wildman–Crippen LogP) is 2.42. The molecule has 0 spiro atoms. The maximum Gasteiger partial charge on any atom is 0.209 e. The second kappa shape index (κ2) is 7.09. The number of carbonyl (C=O) groups is 2. The fraction of sp³-hybridized carbons (Fsp3) is 0.312. The number of Topliss-reactive ketones (excluding diaryl/α,β-unsaturated/α-hetero) is 2. The van der Waals surface area contributed by atoms with Crippen LogP contribution in [0.4, 0.5) is 4.39 Å². The third kappa shape index (κ3) is 3.65. The molecule has 1 aromatic heterocycles. The number of rotatable bonds is 7. The average Bonchev–Trinajstić information content (AvgIpc) is 2.88. The highest BCUT2D eigenvalue weighted by Crippen LogP contribution is 2.20. The zero-order chi connectivity index (χ0) is 16.1. The molecule has 1 heterocycles. The van der Waals surface area contributed by atoms with Gasteiger partial charge < -0.3 is 4.74 Å².